The van der Waals surface area contributed by atoms with Crippen molar-refractivity contribution < 1.29 is 9.53 Å². The predicted octanol–water partition coefficient (Wildman–Crippen LogP) is 2.55. The molecule has 0 radical (unpaired) electrons. The lowest BCUT2D eigenvalue weighted by molar-refractivity contribution is -0.137. The number of allylic oxidation sites excluding steroid dienone is 1. The van der Waals surface area contributed by atoms with Crippen LogP contribution in [0.1, 0.15) is 18.9 Å². The Morgan fingerprint density at radius 2 is 2.12 bits per heavy atom. The Bertz CT molecular complexity index is 407. The maximum Gasteiger partial charge on any atom is 0.330 e. The van der Waals surface area contributed by atoms with Gasteiger partial charge in [-0.05, 0) is 19.1 Å². The largest absolute Gasteiger partial charge is 0.463 e. The molecular formula is C14H14O2. The minimum atomic E-state index is -0.316. The standard InChI is InChI=1S/C14H14O2/c1-2-16-14(15)12-8-4-7-11-13-9-5-3-6-10-13/h3,5-6,8-10,12H,2,4H2,1H3/b12-8+. The smallest absolute Gasteiger partial charge is 0.330 e. The normalized spacial score (nSPS) is 9.56. The molecule has 0 atom stereocenters. The molecule has 1 rings (SSSR count). The first-order valence-electron chi connectivity index (χ1n) is 5.20. The zero-order chi connectivity index (χ0) is 11.6. The van der Waals surface area contributed by atoms with Crippen LogP contribution in [0.2, 0.25) is 0 Å². The Kier molecular flexibility index (Phi) is 5.51. The van der Waals surface area contributed by atoms with E-state index in [9.17, 15) is 4.79 Å². The molecule has 1 aromatic rings. The second-order valence-corrected chi connectivity index (χ2v) is 3.03. The van der Waals surface area contributed by atoms with Gasteiger partial charge < -0.3 is 4.74 Å². The lowest BCUT2D eigenvalue weighted by atomic mass is 10.2. The third-order valence-electron chi connectivity index (χ3n) is 1.77. The summed E-state index contributed by atoms with van der Waals surface area (Å²) in [5.74, 6) is 5.64. The van der Waals surface area contributed by atoms with Crippen LogP contribution in [0.5, 0.6) is 0 Å². The highest BCUT2D eigenvalue weighted by Crippen LogP contribution is 1.95. The molecule has 1 aromatic carbocycles. The van der Waals surface area contributed by atoms with Crippen molar-refractivity contribution in [3.05, 3.63) is 48.0 Å². The number of carbonyl (C=O) groups is 1. The van der Waals surface area contributed by atoms with E-state index in [1.807, 2.05) is 30.3 Å². The summed E-state index contributed by atoms with van der Waals surface area (Å²) in [5, 5.41) is 0. The van der Waals surface area contributed by atoms with Crippen LogP contribution in [-0.4, -0.2) is 12.6 Å². The molecule has 2 heteroatoms. The van der Waals surface area contributed by atoms with Crippen molar-refractivity contribution in [3.63, 3.8) is 0 Å². The fourth-order valence-corrected chi connectivity index (χ4v) is 1.08. The van der Waals surface area contributed by atoms with Gasteiger partial charge in [0.15, 0.2) is 0 Å². The minimum Gasteiger partial charge on any atom is -0.463 e. The van der Waals surface area contributed by atoms with Gasteiger partial charge in [-0.2, -0.15) is 0 Å². The molecule has 0 saturated heterocycles. The highest BCUT2D eigenvalue weighted by atomic mass is 16.5. The van der Waals surface area contributed by atoms with Crippen molar-refractivity contribution >= 4 is 5.97 Å². The summed E-state index contributed by atoms with van der Waals surface area (Å²) < 4.78 is 4.73. The predicted molar refractivity (Wildman–Crippen MR) is 63.7 cm³/mol. The molecule has 16 heavy (non-hydrogen) atoms. The van der Waals surface area contributed by atoms with Gasteiger partial charge in [-0.15, -0.1) is 0 Å². The van der Waals surface area contributed by atoms with Gasteiger partial charge in [0.05, 0.1) is 6.61 Å². The summed E-state index contributed by atoms with van der Waals surface area (Å²) in [7, 11) is 0. The van der Waals surface area contributed by atoms with E-state index in [2.05, 4.69) is 11.8 Å². The SMILES string of the molecule is CCOC(=O)/C=C/CC#Cc1ccccc1. The highest BCUT2D eigenvalue weighted by Gasteiger charge is 1.90. The van der Waals surface area contributed by atoms with Crippen molar-refractivity contribution in [2.45, 2.75) is 13.3 Å². The van der Waals surface area contributed by atoms with Gasteiger partial charge in [-0.3, -0.25) is 0 Å². The third-order valence-corrected chi connectivity index (χ3v) is 1.77. The van der Waals surface area contributed by atoms with Crippen molar-refractivity contribution in [3.8, 4) is 11.8 Å². The summed E-state index contributed by atoms with van der Waals surface area (Å²) in [6.07, 6.45) is 3.66. The first kappa shape index (κ1) is 12.1. The molecule has 82 valence electrons. The number of hydrogen-bond donors (Lipinski definition) is 0. The van der Waals surface area contributed by atoms with Crippen molar-refractivity contribution in [2.24, 2.45) is 0 Å². The average Bonchev–Trinajstić information content (AvgIpc) is 2.30. The molecule has 2 nitrogen and oxygen atoms in total. The zero-order valence-electron chi connectivity index (χ0n) is 9.27. The van der Waals surface area contributed by atoms with E-state index in [1.165, 1.54) is 6.08 Å². The fraction of sp³-hybridized carbons (Fsp3) is 0.214. The molecule has 0 N–H and O–H groups in total. The van der Waals surface area contributed by atoms with Crippen molar-refractivity contribution in [2.75, 3.05) is 6.61 Å². The molecule has 0 amide bonds. The molecular weight excluding hydrogens is 200 g/mol. The first-order chi connectivity index (χ1) is 7.83. The van der Waals surface area contributed by atoms with Crippen LogP contribution < -0.4 is 0 Å². The maximum absolute atomic E-state index is 10.9. The molecule has 0 aliphatic rings. The zero-order valence-corrected chi connectivity index (χ0v) is 9.27. The molecule has 0 fully saturated rings. The Hall–Kier alpha value is -2.01. The molecule has 0 unspecified atom stereocenters. The van der Waals surface area contributed by atoms with Crippen LogP contribution in [0.15, 0.2) is 42.5 Å². The van der Waals surface area contributed by atoms with Crippen LogP contribution >= 0.6 is 0 Å². The molecule has 0 aliphatic heterocycles. The molecule has 0 bridgehead atoms. The number of benzene rings is 1. The maximum atomic E-state index is 10.9. The quantitative estimate of drug-likeness (QED) is 0.439. The van der Waals surface area contributed by atoms with Gasteiger partial charge >= 0.3 is 5.97 Å². The Morgan fingerprint density at radius 1 is 1.38 bits per heavy atom. The highest BCUT2D eigenvalue weighted by molar-refractivity contribution is 5.81. The van der Waals surface area contributed by atoms with Gasteiger partial charge in [0.25, 0.3) is 0 Å². The lowest BCUT2D eigenvalue weighted by Crippen LogP contribution is -1.98. The minimum absolute atomic E-state index is 0.316. The Labute approximate surface area is 95.9 Å². The van der Waals surface area contributed by atoms with Crippen LogP contribution in [0.25, 0.3) is 0 Å². The topological polar surface area (TPSA) is 26.3 Å². The third kappa shape index (κ3) is 5.02. The summed E-state index contributed by atoms with van der Waals surface area (Å²) >= 11 is 0. The molecule has 0 heterocycles. The van der Waals surface area contributed by atoms with Crippen LogP contribution in [0, 0.1) is 11.8 Å². The van der Waals surface area contributed by atoms with E-state index in [1.54, 1.807) is 13.0 Å². The fourth-order valence-electron chi connectivity index (χ4n) is 1.08. The van der Waals surface area contributed by atoms with Gasteiger partial charge in [-0.25, -0.2) is 4.79 Å². The second kappa shape index (κ2) is 7.30. The second-order valence-electron chi connectivity index (χ2n) is 3.03. The van der Waals surface area contributed by atoms with Gasteiger partial charge in [0.2, 0.25) is 0 Å². The summed E-state index contributed by atoms with van der Waals surface area (Å²) in [6.45, 7) is 2.18. The Morgan fingerprint density at radius 3 is 2.81 bits per heavy atom. The van der Waals surface area contributed by atoms with Crippen LogP contribution in [0.3, 0.4) is 0 Å². The van der Waals surface area contributed by atoms with E-state index >= 15 is 0 Å². The number of ether oxygens (including phenoxy) is 1. The molecule has 0 aromatic heterocycles. The van der Waals surface area contributed by atoms with E-state index in [0.29, 0.717) is 13.0 Å². The van der Waals surface area contributed by atoms with Crippen molar-refractivity contribution in [1.82, 2.24) is 0 Å². The lowest BCUT2D eigenvalue weighted by Gasteiger charge is -1.92. The number of carbonyl (C=O) groups excluding carboxylic acids is 1. The van der Waals surface area contributed by atoms with E-state index < -0.39 is 0 Å². The average molecular weight is 214 g/mol. The number of hydrogen-bond acceptors (Lipinski definition) is 2. The van der Waals surface area contributed by atoms with Crippen LogP contribution in [-0.2, 0) is 9.53 Å². The van der Waals surface area contributed by atoms with Crippen molar-refractivity contribution in [1.29, 1.82) is 0 Å². The van der Waals surface area contributed by atoms with Gasteiger partial charge in [0.1, 0.15) is 0 Å². The first-order valence-corrected chi connectivity index (χ1v) is 5.20. The van der Waals surface area contributed by atoms with Crippen LogP contribution in [0.4, 0.5) is 0 Å². The van der Waals surface area contributed by atoms with E-state index in [-0.39, 0.29) is 5.97 Å². The molecule has 0 saturated carbocycles. The summed E-state index contributed by atoms with van der Waals surface area (Å²) in [5.41, 5.74) is 0.979. The molecule has 0 aliphatic carbocycles. The number of rotatable bonds is 3. The summed E-state index contributed by atoms with van der Waals surface area (Å²) in [4.78, 5) is 10.9. The number of esters is 1. The summed E-state index contributed by atoms with van der Waals surface area (Å²) in [6, 6.07) is 9.73. The van der Waals surface area contributed by atoms with Gasteiger partial charge in [-0.1, -0.05) is 36.1 Å². The molecule has 0 spiro atoms. The van der Waals surface area contributed by atoms with Gasteiger partial charge in [0, 0.05) is 18.1 Å². The van der Waals surface area contributed by atoms with E-state index in [4.69, 9.17) is 4.74 Å². The Balaban J connectivity index is 2.36. The monoisotopic (exact) mass is 214 g/mol. The van der Waals surface area contributed by atoms with E-state index in [0.717, 1.165) is 5.56 Å².